The molecule has 2 N–H and O–H groups in total. The molecule has 0 saturated carbocycles. The van der Waals surface area contributed by atoms with E-state index in [-0.39, 0.29) is 6.04 Å². The van der Waals surface area contributed by atoms with E-state index < -0.39 is 0 Å². The summed E-state index contributed by atoms with van der Waals surface area (Å²) in [6, 6.07) is 0.224. The van der Waals surface area contributed by atoms with Gasteiger partial charge in [-0.25, -0.2) is 0 Å². The van der Waals surface area contributed by atoms with Gasteiger partial charge in [0.25, 0.3) is 0 Å². The number of nitrogens with one attached hydrogen (secondary N) is 2. The smallest absolute Gasteiger partial charge is 0.166 e. The molecule has 0 aliphatic carbocycles. The van der Waals surface area contributed by atoms with Gasteiger partial charge in [-0.2, -0.15) is 0 Å². The Morgan fingerprint density at radius 2 is 1.94 bits per heavy atom. The lowest BCUT2D eigenvalue weighted by atomic mass is 10.1. The lowest BCUT2D eigenvalue weighted by Gasteiger charge is -2.16. The van der Waals surface area contributed by atoms with Crippen molar-refractivity contribution in [2.45, 2.75) is 33.2 Å². The average Bonchev–Trinajstić information content (AvgIpc) is 2.23. The van der Waals surface area contributed by atoms with E-state index in [1.807, 2.05) is 6.92 Å². The highest BCUT2D eigenvalue weighted by Crippen LogP contribution is 1.98. The summed E-state index contributed by atoms with van der Waals surface area (Å²) in [5, 5.41) is 6.88. The van der Waals surface area contributed by atoms with Crippen LogP contribution in [0, 0.1) is 5.92 Å². The molecule has 1 atom stereocenters. The van der Waals surface area contributed by atoms with Crippen LogP contribution in [-0.4, -0.2) is 44.6 Å². The van der Waals surface area contributed by atoms with Gasteiger partial charge in [-0.05, 0) is 31.5 Å². The molecule has 0 aliphatic heterocycles. The minimum atomic E-state index is 0.224. The normalized spacial score (nSPS) is 12.5. The Balaban J connectivity index is 3.33. The first-order valence-corrected chi connectivity index (χ1v) is 6.58. The zero-order valence-electron chi connectivity index (χ0n) is 11.4. The second-order valence-electron chi connectivity index (χ2n) is 4.55. The first kappa shape index (κ1) is 16.6. The molecule has 102 valence electrons. The molecular weight excluding hydrogens is 236 g/mol. The average molecular weight is 262 g/mol. The Morgan fingerprint density at radius 3 is 2.53 bits per heavy atom. The zero-order chi connectivity index (χ0) is 13.1. The number of methoxy groups -OCH3 is 1. The van der Waals surface area contributed by atoms with Crippen LogP contribution in [0.3, 0.4) is 0 Å². The minimum absolute atomic E-state index is 0.224. The molecule has 0 aromatic heterocycles. The summed E-state index contributed by atoms with van der Waals surface area (Å²) in [6.45, 7) is 9.30. The van der Waals surface area contributed by atoms with Gasteiger partial charge in [-0.15, -0.1) is 0 Å². The standard InChI is InChI=1S/C12H26N2O2S/c1-10(2)5-7-16-8-6-13-12(17)14-11(3)9-15-4/h10-11H,5-9H2,1-4H3,(H2,13,14,17). The topological polar surface area (TPSA) is 42.5 Å². The second-order valence-corrected chi connectivity index (χ2v) is 4.96. The van der Waals surface area contributed by atoms with E-state index in [0.717, 1.165) is 19.6 Å². The summed E-state index contributed by atoms with van der Waals surface area (Å²) in [5.74, 6) is 0.695. The number of ether oxygens (including phenoxy) is 2. The van der Waals surface area contributed by atoms with Gasteiger partial charge in [0.15, 0.2) is 5.11 Å². The molecule has 5 heteroatoms. The van der Waals surface area contributed by atoms with Crippen LogP contribution in [0.2, 0.25) is 0 Å². The Bertz CT molecular complexity index is 201. The maximum atomic E-state index is 5.47. The quantitative estimate of drug-likeness (QED) is 0.487. The van der Waals surface area contributed by atoms with Crippen molar-refractivity contribution in [2.24, 2.45) is 5.92 Å². The second kappa shape index (κ2) is 10.7. The molecule has 0 aliphatic rings. The molecule has 0 radical (unpaired) electrons. The summed E-state index contributed by atoms with van der Waals surface area (Å²) in [7, 11) is 1.68. The van der Waals surface area contributed by atoms with Crippen molar-refractivity contribution in [3.63, 3.8) is 0 Å². The van der Waals surface area contributed by atoms with Crippen LogP contribution < -0.4 is 10.6 Å². The van der Waals surface area contributed by atoms with E-state index in [1.165, 1.54) is 0 Å². The molecule has 1 unspecified atom stereocenters. The largest absolute Gasteiger partial charge is 0.383 e. The SMILES string of the molecule is COCC(C)NC(=S)NCCOCCC(C)C. The van der Waals surface area contributed by atoms with Crippen LogP contribution in [0.5, 0.6) is 0 Å². The van der Waals surface area contributed by atoms with Gasteiger partial charge < -0.3 is 20.1 Å². The van der Waals surface area contributed by atoms with Crippen LogP contribution in [-0.2, 0) is 9.47 Å². The molecular formula is C12H26N2O2S. The molecule has 0 heterocycles. The maximum absolute atomic E-state index is 5.47. The highest BCUT2D eigenvalue weighted by atomic mass is 32.1. The minimum Gasteiger partial charge on any atom is -0.383 e. The number of rotatable bonds is 9. The van der Waals surface area contributed by atoms with Gasteiger partial charge in [0.2, 0.25) is 0 Å². The van der Waals surface area contributed by atoms with Crippen molar-refractivity contribution in [2.75, 3.05) is 33.5 Å². The summed E-state index contributed by atoms with van der Waals surface area (Å²) in [5.41, 5.74) is 0. The van der Waals surface area contributed by atoms with Gasteiger partial charge in [0, 0.05) is 26.3 Å². The van der Waals surface area contributed by atoms with E-state index >= 15 is 0 Å². The molecule has 0 aromatic rings. The molecule has 0 saturated heterocycles. The van der Waals surface area contributed by atoms with Gasteiger partial charge in [0.05, 0.1) is 13.2 Å². The van der Waals surface area contributed by atoms with Crippen molar-refractivity contribution in [3.05, 3.63) is 0 Å². The van der Waals surface area contributed by atoms with Gasteiger partial charge in [0.1, 0.15) is 0 Å². The van der Waals surface area contributed by atoms with E-state index in [1.54, 1.807) is 7.11 Å². The fourth-order valence-corrected chi connectivity index (χ4v) is 1.53. The van der Waals surface area contributed by atoms with E-state index in [9.17, 15) is 0 Å². The molecule has 17 heavy (non-hydrogen) atoms. The summed E-state index contributed by atoms with van der Waals surface area (Å²) >= 11 is 5.13. The van der Waals surface area contributed by atoms with Crippen LogP contribution in [0.4, 0.5) is 0 Å². The van der Waals surface area contributed by atoms with Crippen molar-refractivity contribution >= 4 is 17.3 Å². The fraction of sp³-hybridized carbons (Fsp3) is 0.917. The summed E-state index contributed by atoms with van der Waals surface area (Å²) < 4.78 is 10.5. The van der Waals surface area contributed by atoms with Crippen LogP contribution in [0.25, 0.3) is 0 Å². The van der Waals surface area contributed by atoms with Crippen LogP contribution in [0.1, 0.15) is 27.2 Å². The van der Waals surface area contributed by atoms with Gasteiger partial charge in [-0.3, -0.25) is 0 Å². The highest BCUT2D eigenvalue weighted by Gasteiger charge is 2.02. The van der Waals surface area contributed by atoms with Crippen molar-refractivity contribution in [1.82, 2.24) is 10.6 Å². The third-order valence-corrected chi connectivity index (χ3v) is 2.43. The number of hydrogen-bond donors (Lipinski definition) is 2. The van der Waals surface area contributed by atoms with Crippen LogP contribution >= 0.6 is 12.2 Å². The molecule has 0 rings (SSSR count). The summed E-state index contributed by atoms with van der Waals surface area (Å²) in [6.07, 6.45) is 1.10. The number of hydrogen-bond acceptors (Lipinski definition) is 3. The first-order valence-electron chi connectivity index (χ1n) is 6.17. The van der Waals surface area contributed by atoms with Crippen molar-refractivity contribution in [1.29, 1.82) is 0 Å². The van der Waals surface area contributed by atoms with Gasteiger partial charge in [-0.1, -0.05) is 13.8 Å². The first-order chi connectivity index (χ1) is 8.06. The lowest BCUT2D eigenvalue weighted by molar-refractivity contribution is 0.128. The Morgan fingerprint density at radius 1 is 1.24 bits per heavy atom. The fourth-order valence-electron chi connectivity index (χ4n) is 1.22. The molecule has 0 spiro atoms. The molecule has 0 aromatic carbocycles. The van der Waals surface area contributed by atoms with Crippen LogP contribution in [0.15, 0.2) is 0 Å². The number of thiocarbonyl (C=S) groups is 1. The van der Waals surface area contributed by atoms with Gasteiger partial charge >= 0.3 is 0 Å². The Kier molecular flexibility index (Phi) is 10.5. The molecule has 0 amide bonds. The van der Waals surface area contributed by atoms with E-state index in [0.29, 0.717) is 24.2 Å². The predicted octanol–water partition coefficient (Wildman–Crippen LogP) is 1.55. The Labute approximate surface area is 110 Å². The van der Waals surface area contributed by atoms with Crippen molar-refractivity contribution in [3.8, 4) is 0 Å². The zero-order valence-corrected chi connectivity index (χ0v) is 12.2. The van der Waals surface area contributed by atoms with E-state index in [4.69, 9.17) is 21.7 Å². The Hall–Kier alpha value is -0.390. The summed E-state index contributed by atoms with van der Waals surface area (Å²) in [4.78, 5) is 0. The third-order valence-electron chi connectivity index (χ3n) is 2.17. The predicted molar refractivity (Wildman–Crippen MR) is 75.3 cm³/mol. The van der Waals surface area contributed by atoms with E-state index in [2.05, 4.69) is 24.5 Å². The highest BCUT2D eigenvalue weighted by molar-refractivity contribution is 7.80. The van der Waals surface area contributed by atoms with Crippen molar-refractivity contribution < 1.29 is 9.47 Å². The maximum Gasteiger partial charge on any atom is 0.166 e. The lowest BCUT2D eigenvalue weighted by Crippen LogP contribution is -2.43. The monoisotopic (exact) mass is 262 g/mol. The molecule has 0 bridgehead atoms. The third kappa shape index (κ3) is 11.9. The molecule has 0 fully saturated rings. The molecule has 4 nitrogen and oxygen atoms in total.